The number of benzene rings is 1. The standard InChI is InChI=1S/C27H30FN5O6/c28-18-6-4-17(5-7-18)19-16-29-23-21(30-19)22(34)20(24(35)31-27(26(37)38)8-2-1-3-9-27)25(36)33(23)11-10-32-12-14-39-15-13-32/h4-7,16,34H,1-3,8-15H2,(H,31,35)(H,37,38). The molecule has 2 aliphatic rings. The van der Waals surface area contributed by atoms with Crippen LogP contribution in [0.1, 0.15) is 42.5 Å². The molecule has 39 heavy (non-hydrogen) atoms. The Hall–Kier alpha value is -3.90. The maximum atomic E-state index is 13.7. The van der Waals surface area contributed by atoms with Gasteiger partial charge in [-0.05, 0) is 37.1 Å². The van der Waals surface area contributed by atoms with Gasteiger partial charge in [0.05, 0.1) is 25.1 Å². The monoisotopic (exact) mass is 539 g/mol. The van der Waals surface area contributed by atoms with Gasteiger partial charge in [0.25, 0.3) is 11.5 Å². The Labute approximate surface area is 223 Å². The summed E-state index contributed by atoms with van der Waals surface area (Å²) >= 11 is 0. The first kappa shape index (κ1) is 26.7. The number of aliphatic carboxylic acids is 1. The van der Waals surface area contributed by atoms with Crippen LogP contribution in [0, 0.1) is 5.82 Å². The van der Waals surface area contributed by atoms with E-state index in [2.05, 4.69) is 20.2 Å². The molecule has 0 atom stereocenters. The number of morpholine rings is 1. The lowest BCUT2D eigenvalue weighted by atomic mass is 9.81. The normalized spacial score (nSPS) is 17.7. The predicted octanol–water partition coefficient (Wildman–Crippen LogP) is 2.15. The lowest BCUT2D eigenvalue weighted by molar-refractivity contribution is -0.145. The second kappa shape index (κ2) is 11.1. The van der Waals surface area contributed by atoms with Crippen LogP contribution >= 0.6 is 0 Å². The Kier molecular flexibility index (Phi) is 7.58. The molecule has 1 aromatic carbocycles. The molecule has 206 valence electrons. The number of aromatic nitrogens is 3. The summed E-state index contributed by atoms with van der Waals surface area (Å²) in [5, 5.41) is 23.7. The zero-order valence-electron chi connectivity index (χ0n) is 21.4. The Balaban J connectivity index is 1.60. The second-order valence-corrected chi connectivity index (χ2v) is 9.97. The van der Waals surface area contributed by atoms with Crippen molar-refractivity contribution in [3.63, 3.8) is 0 Å². The van der Waals surface area contributed by atoms with E-state index in [9.17, 15) is 29.0 Å². The first-order chi connectivity index (χ1) is 18.8. The average Bonchev–Trinajstić information content (AvgIpc) is 2.94. The number of carbonyl (C=O) groups excluding carboxylic acids is 1. The number of carboxylic acids is 1. The summed E-state index contributed by atoms with van der Waals surface area (Å²) in [4.78, 5) is 50.3. The van der Waals surface area contributed by atoms with Crippen LogP contribution in [0.25, 0.3) is 22.4 Å². The van der Waals surface area contributed by atoms with E-state index in [-0.39, 0.29) is 30.6 Å². The highest BCUT2D eigenvalue weighted by Gasteiger charge is 2.42. The summed E-state index contributed by atoms with van der Waals surface area (Å²) < 4.78 is 20.1. The van der Waals surface area contributed by atoms with E-state index in [4.69, 9.17) is 4.74 Å². The van der Waals surface area contributed by atoms with E-state index in [1.807, 2.05) is 0 Å². The first-order valence-corrected chi connectivity index (χ1v) is 13.0. The highest BCUT2D eigenvalue weighted by molar-refractivity contribution is 6.03. The highest BCUT2D eigenvalue weighted by Crippen LogP contribution is 2.31. The molecule has 2 aromatic heterocycles. The van der Waals surface area contributed by atoms with Crippen LogP contribution in [-0.2, 0) is 16.1 Å². The minimum Gasteiger partial charge on any atom is -0.505 e. The van der Waals surface area contributed by atoms with Gasteiger partial charge in [0.2, 0.25) is 0 Å². The molecule has 1 amide bonds. The molecule has 2 fully saturated rings. The molecule has 3 N–H and O–H groups in total. The maximum absolute atomic E-state index is 13.7. The summed E-state index contributed by atoms with van der Waals surface area (Å²) in [6.45, 7) is 3.11. The third-order valence-electron chi connectivity index (χ3n) is 7.51. The van der Waals surface area contributed by atoms with Crippen molar-refractivity contribution in [1.82, 2.24) is 24.8 Å². The van der Waals surface area contributed by atoms with Gasteiger partial charge in [-0.15, -0.1) is 0 Å². The van der Waals surface area contributed by atoms with Gasteiger partial charge in [0.1, 0.15) is 22.4 Å². The van der Waals surface area contributed by atoms with Gasteiger partial charge in [0, 0.05) is 31.7 Å². The Morgan fingerprint density at radius 2 is 1.77 bits per heavy atom. The number of hydrogen-bond donors (Lipinski definition) is 3. The third-order valence-corrected chi connectivity index (χ3v) is 7.51. The van der Waals surface area contributed by atoms with E-state index in [1.54, 1.807) is 0 Å². The fourth-order valence-electron chi connectivity index (χ4n) is 5.26. The van der Waals surface area contributed by atoms with E-state index in [0.29, 0.717) is 56.9 Å². The molecule has 1 aliphatic carbocycles. The summed E-state index contributed by atoms with van der Waals surface area (Å²) in [5.74, 6) is -3.26. The molecule has 0 unspecified atom stereocenters. The molecule has 1 saturated carbocycles. The zero-order valence-corrected chi connectivity index (χ0v) is 21.4. The van der Waals surface area contributed by atoms with Crippen LogP contribution in [0.3, 0.4) is 0 Å². The van der Waals surface area contributed by atoms with Crippen LogP contribution in [0.15, 0.2) is 35.3 Å². The fraction of sp³-hybridized carbons (Fsp3) is 0.444. The largest absolute Gasteiger partial charge is 0.505 e. The van der Waals surface area contributed by atoms with Crippen molar-refractivity contribution >= 4 is 23.0 Å². The number of fused-ring (bicyclic) bond motifs is 1. The van der Waals surface area contributed by atoms with Gasteiger partial charge < -0.3 is 20.3 Å². The zero-order chi connectivity index (χ0) is 27.6. The van der Waals surface area contributed by atoms with Crippen molar-refractivity contribution in [3.05, 3.63) is 52.2 Å². The SMILES string of the molecule is O=C(NC1(C(=O)O)CCCCC1)c1c(O)c2nc(-c3ccc(F)cc3)cnc2n(CCN2CCOCC2)c1=O. The number of nitrogens with one attached hydrogen (secondary N) is 1. The lowest BCUT2D eigenvalue weighted by Gasteiger charge is -2.34. The molecule has 1 aliphatic heterocycles. The third kappa shape index (κ3) is 5.34. The van der Waals surface area contributed by atoms with Gasteiger partial charge in [0.15, 0.2) is 11.4 Å². The Bertz CT molecular complexity index is 1450. The number of carbonyl (C=O) groups is 2. The van der Waals surface area contributed by atoms with E-state index in [1.165, 1.54) is 35.0 Å². The predicted molar refractivity (Wildman–Crippen MR) is 139 cm³/mol. The number of amides is 1. The molecule has 11 nitrogen and oxygen atoms in total. The molecule has 3 heterocycles. The van der Waals surface area contributed by atoms with Gasteiger partial charge in [-0.2, -0.15) is 0 Å². The van der Waals surface area contributed by atoms with Crippen molar-refractivity contribution in [2.75, 3.05) is 32.8 Å². The van der Waals surface area contributed by atoms with Crippen molar-refractivity contribution < 1.29 is 28.9 Å². The van der Waals surface area contributed by atoms with Crippen molar-refractivity contribution in [1.29, 1.82) is 0 Å². The van der Waals surface area contributed by atoms with E-state index in [0.717, 1.165) is 6.42 Å². The number of aromatic hydroxyl groups is 1. The fourth-order valence-corrected chi connectivity index (χ4v) is 5.26. The number of halogens is 1. The first-order valence-electron chi connectivity index (χ1n) is 13.0. The van der Waals surface area contributed by atoms with Crippen LogP contribution in [0.4, 0.5) is 4.39 Å². The summed E-state index contributed by atoms with van der Waals surface area (Å²) in [6, 6.07) is 5.53. The topological polar surface area (TPSA) is 147 Å². The molecule has 3 aromatic rings. The minimum absolute atomic E-state index is 0.0822. The van der Waals surface area contributed by atoms with Crippen LogP contribution in [0.2, 0.25) is 0 Å². The maximum Gasteiger partial charge on any atom is 0.329 e. The number of pyridine rings is 1. The molecular weight excluding hydrogens is 509 g/mol. The highest BCUT2D eigenvalue weighted by atomic mass is 19.1. The van der Waals surface area contributed by atoms with Crippen LogP contribution in [0.5, 0.6) is 5.75 Å². The Morgan fingerprint density at radius 3 is 2.44 bits per heavy atom. The van der Waals surface area contributed by atoms with Gasteiger partial charge in [-0.3, -0.25) is 19.1 Å². The summed E-state index contributed by atoms with van der Waals surface area (Å²) in [7, 11) is 0. The molecule has 12 heteroatoms. The number of hydrogen-bond acceptors (Lipinski definition) is 8. The smallest absolute Gasteiger partial charge is 0.329 e. The van der Waals surface area contributed by atoms with Crippen molar-refractivity contribution in [3.8, 4) is 17.0 Å². The molecular formula is C27H30FN5O6. The number of rotatable bonds is 7. The molecule has 0 bridgehead atoms. The molecule has 0 spiro atoms. The van der Waals surface area contributed by atoms with Crippen molar-refractivity contribution in [2.45, 2.75) is 44.2 Å². The number of ether oxygens (including phenoxy) is 1. The van der Waals surface area contributed by atoms with Crippen LogP contribution in [-0.4, -0.2) is 79.9 Å². The van der Waals surface area contributed by atoms with Crippen LogP contribution < -0.4 is 10.9 Å². The van der Waals surface area contributed by atoms with E-state index >= 15 is 0 Å². The summed E-state index contributed by atoms with van der Waals surface area (Å²) in [6.07, 6.45) is 3.95. The molecule has 1 saturated heterocycles. The lowest BCUT2D eigenvalue weighted by Crippen LogP contribution is -2.56. The quantitative estimate of drug-likeness (QED) is 0.411. The van der Waals surface area contributed by atoms with Gasteiger partial charge in [-0.1, -0.05) is 19.3 Å². The number of nitrogens with zero attached hydrogens (tertiary/aromatic N) is 4. The van der Waals surface area contributed by atoms with E-state index < -0.39 is 40.1 Å². The molecule has 0 radical (unpaired) electrons. The average molecular weight is 540 g/mol. The minimum atomic E-state index is -1.52. The van der Waals surface area contributed by atoms with Gasteiger partial charge in [-0.25, -0.2) is 19.2 Å². The van der Waals surface area contributed by atoms with Crippen molar-refractivity contribution in [2.24, 2.45) is 0 Å². The number of carboxylic acid groups (broad SMARTS) is 1. The summed E-state index contributed by atoms with van der Waals surface area (Å²) in [5.41, 5.74) is -2.07. The molecule has 5 rings (SSSR count). The second-order valence-electron chi connectivity index (χ2n) is 9.97. The Morgan fingerprint density at radius 1 is 1.08 bits per heavy atom. The van der Waals surface area contributed by atoms with Gasteiger partial charge >= 0.3 is 5.97 Å².